The van der Waals surface area contributed by atoms with E-state index in [1.54, 1.807) is 0 Å². The van der Waals surface area contributed by atoms with E-state index in [1.807, 2.05) is 11.9 Å². The van der Waals surface area contributed by atoms with Gasteiger partial charge in [-0.1, -0.05) is 6.92 Å². The number of aromatic nitrogens is 2. The molecule has 0 aromatic carbocycles. The standard InChI is InChI=1S/C13H17N5O5/c1-2-3-18-11(21)8(16-13(18)23)4-9(19)14-5-7-6-15-12(22)17-10(7)20/h6,8H,2-5H2,1H3,(H,14,19)(H,16,23)(H2,15,17,20,22)/t8-/m0/s1. The Morgan fingerprint density at radius 1 is 1.30 bits per heavy atom. The smallest absolute Gasteiger partial charge is 0.325 e. The van der Waals surface area contributed by atoms with Crippen molar-refractivity contribution in [2.75, 3.05) is 6.54 Å². The number of imide groups is 1. The Morgan fingerprint density at radius 3 is 2.70 bits per heavy atom. The molecule has 1 aliphatic rings. The molecule has 1 atom stereocenters. The summed E-state index contributed by atoms with van der Waals surface area (Å²) in [6.07, 6.45) is 1.62. The molecule has 0 bridgehead atoms. The second-order valence-corrected chi connectivity index (χ2v) is 5.07. The van der Waals surface area contributed by atoms with Crippen LogP contribution in [0.1, 0.15) is 25.3 Å². The van der Waals surface area contributed by atoms with E-state index in [4.69, 9.17) is 0 Å². The number of hydrogen-bond donors (Lipinski definition) is 4. The lowest BCUT2D eigenvalue weighted by Crippen LogP contribution is -2.37. The third-order valence-corrected chi connectivity index (χ3v) is 3.32. The van der Waals surface area contributed by atoms with Crippen molar-refractivity contribution in [2.24, 2.45) is 0 Å². The molecule has 1 aliphatic heterocycles. The van der Waals surface area contributed by atoms with E-state index < -0.39 is 35.1 Å². The first-order valence-corrected chi connectivity index (χ1v) is 7.11. The van der Waals surface area contributed by atoms with Gasteiger partial charge in [0.25, 0.3) is 11.5 Å². The average Bonchev–Trinajstić information content (AvgIpc) is 2.74. The minimum atomic E-state index is -0.900. The summed E-state index contributed by atoms with van der Waals surface area (Å²) < 4.78 is 0. The first-order valence-electron chi connectivity index (χ1n) is 7.11. The normalized spacial score (nSPS) is 17.3. The summed E-state index contributed by atoms with van der Waals surface area (Å²) in [7, 11) is 0. The maximum Gasteiger partial charge on any atom is 0.325 e. The molecular weight excluding hydrogens is 306 g/mol. The van der Waals surface area contributed by atoms with Gasteiger partial charge in [-0.05, 0) is 6.42 Å². The third-order valence-electron chi connectivity index (χ3n) is 3.32. The molecule has 4 N–H and O–H groups in total. The van der Waals surface area contributed by atoms with Crippen molar-refractivity contribution in [2.45, 2.75) is 32.4 Å². The van der Waals surface area contributed by atoms with E-state index in [9.17, 15) is 24.0 Å². The topological polar surface area (TPSA) is 144 Å². The molecule has 124 valence electrons. The molecule has 0 radical (unpaired) electrons. The van der Waals surface area contributed by atoms with Crippen molar-refractivity contribution >= 4 is 17.8 Å². The number of carbonyl (C=O) groups is 3. The van der Waals surface area contributed by atoms with E-state index >= 15 is 0 Å². The summed E-state index contributed by atoms with van der Waals surface area (Å²) in [6.45, 7) is 2.04. The van der Waals surface area contributed by atoms with Crippen LogP contribution in [-0.2, 0) is 16.1 Å². The monoisotopic (exact) mass is 323 g/mol. The van der Waals surface area contributed by atoms with E-state index in [1.165, 1.54) is 6.20 Å². The highest BCUT2D eigenvalue weighted by molar-refractivity contribution is 6.05. The molecule has 1 fully saturated rings. The zero-order valence-electron chi connectivity index (χ0n) is 12.5. The number of amides is 4. The lowest BCUT2D eigenvalue weighted by molar-refractivity contribution is -0.130. The number of hydrogen-bond acceptors (Lipinski definition) is 5. The maximum atomic E-state index is 12.0. The Labute approximate surface area is 130 Å². The molecule has 0 aliphatic carbocycles. The second-order valence-electron chi connectivity index (χ2n) is 5.07. The van der Waals surface area contributed by atoms with Gasteiger partial charge in [0, 0.05) is 19.3 Å². The van der Waals surface area contributed by atoms with Gasteiger partial charge in [-0.25, -0.2) is 9.59 Å². The lowest BCUT2D eigenvalue weighted by Gasteiger charge is -2.11. The molecule has 0 spiro atoms. The van der Waals surface area contributed by atoms with Crippen LogP contribution < -0.4 is 21.9 Å². The molecule has 0 unspecified atom stereocenters. The molecule has 0 saturated carbocycles. The largest absolute Gasteiger partial charge is 0.352 e. The van der Waals surface area contributed by atoms with Crippen molar-refractivity contribution in [1.29, 1.82) is 0 Å². The van der Waals surface area contributed by atoms with E-state index in [0.717, 1.165) is 4.90 Å². The molecule has 10 nitrogen and oxygen atoms in total. The molecular formula is C13H17N5O5. The van der Waals surface area contributed by atoms with Crippen molar-refractivity contribution in [3.8, 4) is 0 Å². The minimum absolute atomic E-state index is 0.0987. The first kappa shape index (κ1) is 16.5. The lowest BCUT2D eigenvalue weighted by atomic mass is 10.2. The summed E-state index contributed by atoms with van der Waals surface area (Å²) in [4.78, 5) is 63.2. The van der Waals surface area contributed by atoms with Gasteiger partial charge in [0.15, 0.2) is 0 Å². The molecule has 2 rings (SSSR count). The highest BCUT2D eigenvalue weighted by atomic mass is 16.2. The van der Waals surface area contributed by atoms with Gasteiger partial charge in [-0.3, -0.25) is 24.3 Å². The quantitative estimate of drug-likeness (QED) is 0.466. The SMILES string of the molecule is CCCN1C(=O)N[C@@H](CC(=O)NCc2c[nH]c(=O)[nH]c2=O)C1=O. The van der Waals surface area contributed by atoms with E-state index in [2.05, 4.69) is 15.6 Å². The number of urea groups is 1. The zero-order valence-corrected chi connectivity index (χ0v) is 12.5. The zero-order chi connectivity index (χ0) is 17.0. The van der Waals surface area contributed by atoms with Crippen LogP contribution >= 0.6 is 0 Å². The molecule has 2 heterocycles. The second kappa shape index (κ2) is 6.90. The fourth-order valence-corrected chi connectivity index (χ4v) is 2.17. The summed E-state index contributed by atoms with van der Waals surface area (Å²) in [5, 5.41) is 4.91. The van der Waals surface area contributed by atoms with Crippen LogP contribution in [0.2, 0.25) is 0 Å². The van der Waals surface area contributed by atoms with Crippen molar-refractivity contribution in [3.63, 3.8) is 0 Å². The first-order chi connectivity index (χ1) is 10.9. The van der Waals surface area contributed by atoms with Crippen LogP contribution in [0.3, 0.4) is 0 Å². The highest BCUT2D eigenvalue weighted by Gasteiger charge is 2.38. The average molecular weight is 323 g/mol. The van der Waals surface area contributed by atoms with Gasteiger partial charge in [0.2, 0.25) is 5.91 Å². The Hall–Kier alpha value is -2.91. The number of H-pyrrole nitrogens is 2. The van der Waals surface area contributed by atoms with Gasteiger partial charge < -0.3 is 15.6 Å². The molecule has 1 saturated heterocycles. The van der Waals surface area contributed by atoms with Crippen molar-refractivity contribution in [1.82, 2.24) is 25.5 Å². The Bertz CT molecular complexity index is 737. The van der Waals surface area contributed by atoms with Gasteiger partial charge in [-0.2, -0.15) is 0 Å². The summed E-state index contributed by atoms with van der Waals surface area (Å²) in [5.41, 5.74) is -1.07. The van der Waals surface area contributed by atoms with E-state index in [0.29, 0.717) is 13.0 Å². The number of nitrogens with one attached hydrogen (secondary N) is 4. The summed E-state index contributed by atoms with van der Waals surface area (Å²) >= 11 is 0. The fourth-order valence-electron chi connectivity index (χ4n) is 2.17. The minimum Gasteiger partial charge on any atom is -0.352 e. The van der Waals surface area contributed by atoms with Crippen LogP contribution in [0.4, 0.5) is 4.79 Å². The predicted octanol–water partition coefficient (Wildman–Crippen LogP) is -1.60. The number of carbonyl (C=O) groups excluding carboxylic acids is 3. The summed E-state index contributed by atoms with van der Waals surface area (Å²) in [5.74, 6) is -0.929. The number of aromatic amines is 2. The van der Waals surface area contributed by atoms with Crippen LogP contribution in [0.25, 0.3) is 0 Å². The number of rotatable bonds is 6. The predicted molar refractivity (Wildman–Crippen MR) is 78.5 cm³/mol. The number of nitrogens with zero attached hydrogens (tertiary/aromatic N) is 1. The third kappa shape index (κ3) is 3.84. The Balaban J connectivity index is 1.90. The van der Waals surface area contributed by atoms with Crippen LogP contribution in [0.15, 0.2) is 15.8 Å². The Kier molecular flexibility index (Phi) is 4.94. The van der Waals surface area contributed by atoms with Crippen LogP contribution in [0, 0.1) is 0 Å². The fraction of sp³-hybridized carbons (Fsp3) is 0.462. The molecule has 10 heteroatoms. The van der Waals surface area contributed by atoms with Crippen molar-refractivity contribution < 1.29 is 14.4 Å². The van der Waals surface area contributed by atoms with Gasteiger partial charge in [-0.15, -0.1) is 0 Å². The molecule has 4 amide bonds. The van der Waals surface area contributed by atoms with Crippen LogP contribution in [-0.4, -0.2) is 45.3 Å². The maximum absolute atomic E-state index is 12.0. The highest BCUT2D eigenvalue weighted by Crippen LogP contribution is 2.09. The molecule has 1 aromatic heterocycles. The molecule has 1 aromatic rings. The summed E-state index contributed by atoms with van der Waals surface area (Å²) in [6, 6.07) is -1.41. The Morgan fingerprint density at radius 2 is 2.04 bits per heavy atom. The van der Waals surface area contributed by atoms with Crippen LogP contribution in [0.5, 0.6) is 0 Å². The van der Waals surface area contributed by atoms with Gasteiger partial charge in [0.05, 0.1) is 12.0 Å². The van der Waals surface area contributed by atoms with E-state index in [-0.39, 0.29) is 18.5 Å². The van der Waals surface area contributed by atoms with Gasteiger partial charge in [0.1, 0.15) is 6.04 Å². The van der Waals surface area contributed by atoms with Gasteiger partial charge >= 0.3 is 11.7 Å². The molecule has 23 heavy (non-hydrogen) atoms. The van der Waals surface area contributed by atoms with Crippen molar-refractivity contribution in [3.05, 3.63) is 32.6 Å².